The number of hydrogen-bond donors (Lipinski definition) is 0. The smallest absolute Gasteiger partial charge is 0.306 e. The summed E-state index contributed by atoms with van der Waals surface area (Å²) in [5.41, 5.74) is 1.10. The fraction of sp³-hybridized carbons (Fsp3) is 0.667. The van der Waals surface area contributed by atoms with Crippen LogP contribution in [0.3, 0.4) is 0 Å². The van der Waals surface area contributed by atoms with Crippen LogP contribution in [0.5, 0.6) is 0 Å². The molecular weight excluding hydrogens is 336 g/mol. The number of amides is 2. The topological polar surface area (TPSA) is 84.7 Å². The summed E-state index contributed by atoms with van der Waals surface area (Å²) in [6.45, 7) is 9.05. The van der Waals surface area contributed by atoms with E-state index in [1.807, 2.05) is 20.8 Å². The summed E-state index contributed by atoms with van der Waals surface area (Å²) in [5, 5.41) is 7.32. The molecule has 1 aliphatic rings. The van der Waals surface area contributed by atoms with E-state index < -0.39 is 5.97 Å². The monoisotopic (exact) mass is 364 g/mol. The van der Waals surface area contributed by atoms with Gasteiger partial charge in [-0.15, -0.1) is 0 Å². The minimum atomic E-state index is -0.403. The molecule has 0 saturated carbocycles. The molecule has 0 radical (unpaired) electrons. The van der Waals surface area contributed by atoms with Gasteiger partial charge in [0.2, 0.25) is 5.91 Å². The van der Waals surface area contributed by atoms with Crippen LogP contribution in [-0.4, -0.2) is 57.3 Å². The number of esters is 1. The van der Waals surface area contributed by atoms with E-state index in [9.17, 15) is 14.4 Å². The van der Waals surface area contributed by atoms with E-state index >= 15 is 0 Å². The molecule has 0 atom stereocenters. The van der Waals surface area contributed by atoms with Crippen molar-refractivity contribution in [1.82, 2.24) is 19.8 Å². The van der Waals surface area contributed by atoms with Crippen molar-refractivity contribution in [1.29, 1.82) is 0 Å². The van der Waals surface area contributed by atoms with Gasteiger partial charge in [0.25, 0.3) is 5.91 Å². The van der Waals surface area contributed by atoms with Crippen molar-refractivity contribution in [2.24, 2.45) is 7.05 Å². The van der Waals surface area contributed by atoms with Gasteiger partial charge in [0.05, 0.1) is 18.7 Å². The fourth-order valence-electron chi connectivity index (χ4n) is 2.82. The van der Waals surface area contributed by atoms with Gasteiger partial charge in [0.1, 0.15) is 5.69 Å². The van der Waals surface area contributed by atoms with Crippen LogP contribution in [0.4, 0.5) is 0 Å². The number of hydrazine groups is 1. The van der Waals surface area contributed by atoms with Gasteiger partial charge in [-0.05, 0) is 19.4 Å². The first-order chi connectivity index (χ1) is 12.1. The van der Waals surface area contributed by atoms with Crippen LogP contribution in [0.15, 0.2) is 6.07 Å². The third kappa shape index (κ3) is 4.42. The maximum absolute atomic E-state index is 12.9. The second-order valence-corrected chi connectivity index (χ2v) is 7.39. The molecule has 1 aliphatic heterocycles. The Morgan fingerprint density at radius 1 is 1.15 bits per heavy atom. The van der Waals surface area contributed by atoms with Gasteiger partial charge in [-0.2, -0.15) is 5.10 Å². The maximum Gasteiger partial charge on any atom is 0.306 e. The van der Waals surface area contributed by atoms with E-state index in [1.165, 1.54) is 10.0 Å². The fourth-order valence-corrected chi connectivity index (χ4v) is 2.82. The Morgan fingerprint density at radius 3 is 2.38 bits per heavy atom. The number of ether oxygens (including phenoxy) is 1. The van der Waals surface area contributed by atoms with Crippen molar-refractivity contribution in [3.8, 4) is 0 Å². The summed E-state index contributed by atoms with van der Waals surface area (Å²) in [5.74, 6) is -0.904. The molecule has 8 heteroatoms. The Bertz CT molecular complexity index is 690. The van der Waals surface area contributed by atoms with Crippen molar-refractivity contribution in [2.45, 2.75) is 52.4 Å². The van der Waals surface area contributed by atoms with E-state index in [1.54, 1.807) is 24.7 Å². The van der Waals surface area contributed by atoms with Crippen LogP contribution in [0.1, 0.15) is 63.1 Å². The highest BCUT2D eigenvalue weighted by molar-refractivity contribution is 5.94. The Morgan fingerprint density at radius 2 is 1.81 bits per heavy atom. The summed E-state index contributed by atoms with van der Waals surface area (Å²) in [6.07, 6.45) is 0.757. The Balaban J connectivity index is 2.09. The SMILES string of the molecule is CCOC(=O)CCC(=O)N1CCCN1C(=O)c1cc(C(C)(C)C)nn1C. The van der Waals surface area contributed by atoms with Gasteiger partial charge in [0, 0.05) is 32.0 Å². The zero-order valence-corrected chi connectivity index (χ0v) is 16.2. The second-order valence-electron chi connectivity index (χ2n) is 7.39. The normalized spacial score (nSPS) is 14.7. The van der Waals surface area contributed by atoms with E-state index in [0.717, 1.165) is 5.69 Å². The third-order valence-corrected chi connectivity index (χ3v) is 4.27. The molecule has 2 amide bonds. The first kappa shape index (κ1) is 19.9. The zero-order valence-electron chi connectivity index (χ0n) is 16.2. The molecule has 1 saturated heterocycles. The lowest BCUT2D eigenvalue weighted by atomic mass is 9.92. The lowest BCUT2D eigenvalue weighted by Gasteiger charge is -2.27. The van der Waals surface area contributed by atoms with Gasteiger partial charge in [-0.3, -0.25) is 24.1 Å². The lowest BCUT2D eigenvalue weighted by Crippen LogP contribution is -2.45. The Labute approximate surface area is 154 Å². The minimum Gasteiger partial charge on any atom is -0.466 e. The van der Waals surface area contributed by atoms with E-state index in [2.05, 4.69) is 5.10 Å². The highest BCUT2D eigenvalue weighted by Crippen LogP contribution is 2.23. The number of nitrogens with zero attached hydrogens (tertiary/aromatic N) is 4. The molecule has 2 heterocycles. The van der Waals surface area contributed by atoms with Crippen molar-refractivity contribution in [3.63, 3.8) is 0 Å². The highest BCUT2D eigenvalue weighted by atomic mass is 16.5. The molecule has 0 N–H and O–H groups in total. The summed E-state index contributed by atoms with van der Waals surface area (Å²) in [6, 6.07) is 1.78. The quantitative estimate of drug-likeness (QED) is 0.742. The number of aromatic nitrogens is 2. The average Bonchev–Trinajstić information content (AvgIpc) is 3.18. The molecular formula is C18H28N4O4. The van der Waals surface area contributed by atoms with E-state index in [0.29, 0.717) is 25.2 Å². The molecule has 8 nitrogen and oxygen atoms in total. The lowest BCUT2D eigenvalue weighted by molar-refractivity contribution is -0.148. The Hall–Kier alpha value is -2.38. The molecule has 0 unspecified atom stereocenters. The second kappa shape index (κ2) is 7.88. The first-order valence-corrected chi connectivity index (χ1v) is 8.97. The minimum absolute atomic E-state index is 0.0189. The van der Waals surface area contributed by atoms with Crippen LogP contribution >= 0.6 is 0 Å². The number of hydrogen-bond acceptors (Lipinski definition) is 5. The molecule has 1 aromatic heterocycles. The predicted molar refractivity (Wildman–Crippen MR) is 95.1 cm³/mol. The van der Waals surface area contributed by atoms with Crippen LogP contribution in [0, 0.1) is 0 Å². The molecule has 1 fully saturated rings. The van der Waals surface area contributed by atoms with E-state index in [4.69, 9.17) is 4.74 Å². The molecule has 1 aromatic rings. The van der Waals surface area contributed by atoms with Crippen molar-refractivity contribution >= 4 is 17.8 Å². The summed E-state index contributed by atoms with van der Waals surface area (Å²) < 4.78 is 6.41. The van der Waals surface area contributed by atoms with Crippen LogP contribution in [0.25, 0.3) is 0 Å². The van der Waals surface area contributed by atoms with E-state index in [-0.39, 0.29) is 36.7 Å². The highest BCUT2D eigenvalue weighted by Gasteiger charge is 2.33. The first-order valence-electron chi connectivity index (χ1n) is 8.97. The van der Waals surface area contributed by atoms with Gasteiger partial charge in [-0.1, -0.05) is 20.8 Å². The van der Waals surface area contributed by atoms with Gasteiger partial charge < -0.3 is 4.74 Å². The number of rotatable bonds is 5. The number of carbonyl (C=O) groups is 3. The van der Waals surface area contributed by atoms with Crippen molar-refractivity contribution in [3.05, 3.63) is 17.5 Å². The van der Waals surface area contributed by atoms with Crippen molar-refractivity contribution in [2.75, 3.05) is 19.7 Å². The maximum atomic E-state index is 12.9. The molecule has 2 rings (SSSR count). The average molecular weight is 364 g/mol. The molecule has 26 heavy (non-hydrogen) atoms. The number of aryl methyl sites for hydroxylation is 1. The van der Waals surface area contributed by atoms with Crippen LogP contribution in [0.2, 0.25) is 0 Å². The Kier molecular flexibility index (Phi) is 6.05. The van der Waals surface area contributed by atoms with Gasteiger partial charge in [0.15, 0.2) is 0 Å². The van der Waals surface area contributed by atoms with Crippen LogP contribution < -0.4 is 0 Å². The van der Waals surface area contributed by atoms with Crippen LogP contribution in [-0.2, 0) is 26.8 Å². The third-order valence-electron chi connectivity index (χ3n) is 4.27. The largest absolute Gasteiger partial charge is 0.466 e. The van der Waals surface area contributed by atoms with Crippen molar-refractivity contribution < 1.29 is 19.1 Å². The summed E-state index contributed by atoms with van der Waals surface area (Å²) in [4.78, 5) is 36.9. The molecule has 0 spiro atoms. The van der Waals surface area contributed by atoms with Gasteiger partial charge in [-0.25, -0.2) is 5.01 Å². The molecule has 0 bridgehead atoms. The zero-order chi connectivity index (χ0) is 19.5. The van der Waals surface area contributed by atoms with Gasteiger partial charge >= 0.3 is 5.97 Å². The molecule has 144 valence electrons. The summed E-state index contributed by atoms with van der Waals surface area (Å²) in [7, 11) is 1.73. The summed E-state index contributed by atoms with van der Waals surface area (Å²) >= 11 is 0. The molecule has 0 aromatic carbocycles. The standard InChI is InChI=1S/C18H28N4O4/c1-6-26-16(24)9-8-15(23)21-10-7-11-22(21)17(25)13-12-14(18(2,3)4)19-20(13)5/h12H,6-11H2,1-5H3. The molecule has 0 aliphatic carbocycles. The predicted octanol–water partition coefficient (Wildman–Crippen LogP) is 1.65. The number of carbonyl (C=O) groups excluding carboxylic acids is 3.